The van der Waals surface area contributed by atoms with E-state index in [9.17, 15) is 10.1 Å². The lowest BCUT2D eigenvalue weighted by atomic mass is 10.0. The Kier molecular flexibility index (Phi) is 5.18. The smallest absolute Gasteiger partial charge is 0.358 e. The summed E-state index contributed by atoms with van der Waals surface area (Å²) in [4.78, 5) is 11.4. The highest BCUT2D eigenvalue weighted by molar-refractivity contribution is 9.10. The number of nitrogens with one attached hydrogen (secondary N) is 1. The first-order valence-corrected chi connectivity index (χ1v) is 9.56. The summed E-state index contributed by atoms with van der Waals surface area (Å²) in [6, 6.07) is 26.1. The van der Waals surface area contributed by atoms with E-state index in [1.807, 2.05) is 84.9 Å². The van der Waals surface area contributed by atoms with Crippen molar-refractivity contribution in [2.75, 3.05) is 5.01 Å². The average Bonchev–Trinajstić information content (AvgIpc) is 2.74. The molecule has 3 aromatic rings. The van der Waals surface area contributed by atoms with E-state index in [-0.39, 0.29) is 12.0 Å². The molecule has 3 aromatic carbocycles. The minimum absolute atomic E-state index is 0.138. The lowest BCUT2D eigenvalue weighted by Gasteiger charge is -2.33. The Bertz CT molecular complexity index is 994. The summed E-state index contributed by atoms with van der Waals surface area (Å²) in [7, 11) is 0. The molecule has 140 valence electrons. The molecule has 0 fully saturated rings. The molecule has 0 spiro atoms. The zero-order chi connectivity index (χ0) is 19.5. The fourth-order valence-corrected chi connectivity index (χ4v) is 3.50. The highest BCUT2D eigenvalue weighted by Gasteiger charge is 2.41. The van der Waals surface area contributed by atoms with E-state index in [1.165, 1.54) is 0 Å². The molecule has 4 rings (SSSR count). The second kappa shape index (κ2) is 7.92. The number of rotatable bonds is 3. The van der Waals surface area contributed by atoms with E-state index >= 15 is 0 Å². The number of anilines is 1. The molecule has 2 atom stereocenters. The maximum atomic E-state index is 11.8. The summed E-state index contributed by atoms with van der Waals surface area (Å²) in [5.74, 6) is -0.138. The zero-order valence-corrected chi connectivity index (χ0v) is 16.4. The first kappa shape index (κ1) is 18.3. The van der Waals surface area contributed by atoms with Gasteiger partial charge in [0.15, 0.2) is 6.17 Å². The van der Waals surface area contributed by atoms with Crippen LogP contribution in [-0.4, -0.2) is 10.8 Å². The van der Waals surface area contributed by atoms with Crippen molar-refractivity contribution in [2.45, 2.75) is 12.2 Å². The van der Waals surface area contributed by atoms with Crippen molar-refractivity contribution in [3.63, 3.8) is 0 Å². The molecule has 0 saturated carbocycles. The van der Waals surface area contributed by atoms with E-state index in [0.717, 1.165) is 21.3 Å². The number of nitro groups is 1. The zero-order valence-electron chi connectivity index (χ0n) is 14.8. The number of benzene rings is 3. The van der Waals surface area contributed by atoms with Crippen molar-refractivity contribution >= 4 is 27.5 Å². The van der Waals surface area contributed by atoms with Gasteiger partial charge in [-0.2, -0.15) is 5.01 Å². The van der Waals surface area contributed by atoms with Crippen molar-refractivity contribution in [3.8, 4) is 0 Å². The number of amidine groups is 1. The van der Waals surface area contributed by atoms with Gasteiger partial charge in [0, 0.05) is 4.47 Å². The molecular formula is C21H17BrN4O2. The second-order valence-corrected chi connectivity index (χ2v) is 7.28. The third kappa shape index (κ3) is 3.67. The average molecular weight is 437 g/mol. The van der Waals surface area contributed by atoms with Crippen molar-refractivity contribution in [3.05, 3.63) is 111 Å². The van der Waals surface area contributed by atoms with Crippen LogP contribution < -0.4 is 10.3 Å². The summed E-state index contributed by atoms with van der Waals surface area (Å²) in [6.07, 6.45) is -0.351. The lowest BCUT2D eigenvalue weighted by Crippen LogP contribution is -2.48. The standard InChI is InChI=1S/C21H17BrN4O2/c22-17-11-13-18(14-12-17)25-20(16-9-5-2-6-10-16)23-19(21(24-25)26(27)28)15-7-3-1-4-8-15/h1-14,19-20,23H/t19-,20+/m0/s1. The van der Waals surface area contributed by atoms with E-state index < -0.39 is 11.0 Å². The van der Waals surface area contributed by atoms with Crippen LogP contribution in [0.15, 0.2) is 94.5 Å². The molecule has 7 heteroatoms. The number of hydrogen-bond donors (Lipinski definition) is 1. The summed E-state index contributed by atoms with van der Waals surface area (Å²) >= 11 is 3.43. The maximum Gasteiger partial charge on any atom is 0.385 e. The Morgan fingerprint density at radius 1 is 0.893 bits per heavy atom. The quantitative estimate of drug-likeness (QED) is 0.468. The van der Waals surface area contributed by atoms with Crippen LogP contribution in [0.4, 0.5) is 5.69 Å². The largest absolute Gasteiger partial charge is 0.385 e. The van der Waals surface area contributed by atoms with Crippen LogP contribution in [0.1, 0.15) is 23.3 Å². The van der Waals surface area contributed by atoms with Crippen LogP contribution in [0.3, 0.4) is 0 Å². The number of halogens is 1. The molecule has 0 saturated heterocycles. The predicted molar refractivity (Wildman–Crippen MR) is 113 cm³/mol. The van der Waals surface area contributed by atoms with Gasteiger partial charge in [0.05, 0.1) is 10.8 Å². The molecule has 28 heavy (non-hydrogen) atoms. The van der Waals surface area contributed by atoms with Gasteiger partial charge in [-0.15, -0.1) is 0 Å². The monoisotopic (exact) mass is 436 g/mol. The lowest BCUT2D eigenvalue weighted by molar-refractivity contribution is -0.356. The van der Waals surface area contributed by atoms with E-state index in [1.54, 1.807) is 5.01 Å². The molecule has 0 radical (unpaired) electrons. The molecule has 0 amide bonds. The molecule has 0 aliphatic carbocycles. The van der Waals surface area contributed by atoms with Gasteiger partial charge in [-0.3, -0.25) is 5.32 Å². The molecule has 0 bridgehead atoms. The number of hydrogen-bond acceptors (Lipinski definition) is 5. The van der Waals surface area contributed by atoms with Crippen LogP contribution in [0.5, 0.6) is 0 Å². The van der Waals surface area contributed by atoms with Crippen LogP contribution in [0.2, 0.25) is 0 Å². The molecule has 1 aliphatic heterocycles. The van der Waals surface area contributed by atoms with Crippen LogP contribution in [-0.2, 0) is 0 Å². The van der Waals surface area contributed by atoms with Crippen molar-refractivity contribution in [1.82, 2.24) is 5.32 Å². The Morgan fingerprint density at radius 2 is 1.46 bits per heavy atom. The molecule has 0 unspecified atom stereocenters. The van der Waals surface area contributed by atoms with Gasteiger partial charge in [-0.25, -0.2) is 0 Å². The van der Waals surface area contributed by atoms with Crippen LogP contribution in [0.25, 0.3) is 0 Å². The fraction of sp³-hybridized carbons (Fsp3) is 0.0952. The topological polar surface area (TPSA) is 70.8 Å². The number of nitrogens with zero attached hydrogens (tertiary/aromatic N) is 3. The third-order valence-electron chi connectivity index (χ3n) is 4.56. The minimum Gasteiger partial charge on any atom is -0.358 e. The van der Waals surface area contributed by atoms with E-state index in [0.29, 0.717) is 0 Å². The van der Waals surface area contributed by atoms with E-state index in [2.05, 4.69) is 26.3 Å². The van der Waals surface area contributed by atoms with Gasteiger partial charge in [0.2, 0.25) is 0 Å². The van der Waals surface area contributed by atoms with Gasteiger partial charge in [0.1, 0.15) is 6.04 Å². The second-order valence-electron chi connectivity index (χ2n) is 6.36. The van der Waals surface area contributed by atoms with Crippen LogP contribution in [0, 0.1) is 10.1 Å². The summed E-state index contributed by atoms with van der Waals surface area (Å²) in [5, 5.41) is 21.4. The fourth-order valence-electron chi connectivity index (χ4n) is 3.23. The Labute approximate surface area is 170 Å². The van der Waals surface area contributed by atoms with Gasteiger partial charge >= 0.3 is 5.84 Å². The maximum absolute atomic E-state index is 11.8. The van der Waals surface area contributed by atoms with Gasteiger partial charge in [0.25, 0.3) is 0 Å². The molecule has 1 aliphatic rings. The Hall–Kier alpha value is -3.03. The van der Waals surface area contributed by atoms with Crippen molar-refractivity contribution < 1.29 is 4.92 Å². The summed E-state index contributed by atoms with van der Waals surface area (Å²) in [6.45, 7) is 0. The number of hydrazone groups is 1. The highest BCUT2D eigenvalue weighted by atomic mass is 79.9. The Balaban J connectivity index is 1.84. The first-order chi connectivity index (χ1) is 13.6. The van der Waals surface area contributed by atoms with Gasteiger partial charge < -0.3 is 10.1 Å². The molecule has 1 N–H and O–H groups in total. The van der Waals surface area contributed by atoms with Gasteiger partial charge in [-0.1, -0.05) is 76.6 Å². The van der Waals surface area contributed by atoms with E-state index in [4.69, 9.17) is 0 Å². The SMILES string of the molecule is O=[N+]([O-])C1=NN(c2ccc(Br)cc2)[C@H](c2ccccc2)N[C@H]1c1ccccc1. The highest BCUT2D eigenvalue weighted by Crippen LogP contribution is 2.33. The third-order valence-corrected chi connectivity index (χ3v) is 5.09. The first-order valence-electron chi connectivity index (χ1n) is 8.77. The summed E-state index contributed by atoms with van der Waals surface area (Å²) in [5.41, 5.74) is 2.53. The van der Waals surface area contributed by atoms with Crippen LogP contribution >= 0.6 is 15.9 Å². The molecular weight excluding hydrogens is 420 g/mol. The Morgan fingerprint density at radius 3 is 2.04 bits per heavy atom. The minimum atomic E-state index is -0.617. The predicted octanol–water partition coefficient (Wildman–Crippen LogP) is 4.89. The normalized spacial score (nSPS) is 19.2. The van der Waals surface area contributed by atoms with Crippen molar-refractivity contribution in [2.24, 2.45) is 5.10 Å². The molecule has 0 aromatic heterocycles. The van der Waals surface area contributed by atoms with Gasteiger partial charge in [-0.05, 0) is 40.3 Å². The molecule has 1 heterocycles. The van der Waals surface area contributed by atoms with Crippen molar-refractivity contribution in [1.29, 1.82) is 0 Å². The summed E-state index contributed by atoms with van der Waals surface area (Å²) < 4.78 is 0.929. The molecule has 6 nitrogen and oxygen atoms in total.